The molecule has 0 spiro atoms. The fourth-order valence-corrected chi connectivity index (χ4v) is 1.89. The molecule has 1 saturated heterocycles. The highest BCUT2D eigenvalue weighted by molar-refractivity contribution is 7.80. The van der Waals surface area contributed by atoms with Gasteiger partial charge in [-0.05, 0) is 37.1 Å². The molecule has 1 heterocycles. The molecule has 3 nitrogen and oxygen atoms in total. The molecule has 0 radical (unpaired) electrons. The summed E-state index contributed by atoms with van der Waals surface area (Å²) in [4.78, 5) is 12.7. The van der Waals surface area contributed by atoms with E-state index in [0.717, 1.165) is 24.3 Å². The van der Waals surface area contributed by atoms with Crippen LogP contribution in [0.25, 0.3) is 0 Å². The normalized spacial score (nSPS) is 20.4. The number of amides is 1. The van der Waals surface area contributed by atoms with Gasteiger partial charge in [-0.2, -0.15) is 0 Å². The number of carbonyl (C=O) groups excluding carboxylic acids is 1. The predicted octanol–water partition coefficient (Wildman–Crippen LogP) is 1.88. The van der Waals surface area contributed by atoms with Gasteiger partial charge in [0.15, 0.2) is 0 Å². The summed E-state index contributed by atoms with van der Waals surface area (Å²) in [5, 5.41) is 2.97. The van der Waals surface area contributed by atoms with Gasteiger partial charge < -0.3 is 10.1 Å². The lowest BCUT2D eigenvalue weighted by Crippen LogP contribution is -2.40. The minimum Gasteiger partial charge on any atom is -0.379 e. The molecular formula is C12H15NO2S. The smallest absolute Gasteiger partial charge is 0.251 e. The Morgan fingerprint density at radius 1 is 1.38 bits per heavy atom. The van der Waals surface area contributed by atoms with Crippen LogP contribution >= 0.6 is 12.6 Å². The van der Waals surface area contributed by atoms with Crippen molar-refractivity contribution in [3.8, 4) is 0 Å². The Labute approximate surface area is 101 Å². The van der Waals surface area contributed by atoms with Gasteiger partial charge in [0.1, 0.15) is 0 Å². The maximum Gasteiger partial charge on any atom is 0.251 e. The number of hydrogen-bond donors (Lipinski definition) is 2. The number of thiol groups is 1. The number of hydrogen-bond acceptors (Lipinski definition) is 3. The van der Waals surface area contributed by atoms with Crippen molar-refractivity contribution in [3.63, 3.8) is 0 Å². The second-order valence-electron chi connectivity index (χ2n) is 3.93. The van der Waals surface area contributed by atoms with Crippen LogP contribution in [0.1, 0.15) is 23.2 Å². The predicted molar refractivity (Wildman–Crippen MR) is 65.0 cm³/mol. The first-order valence-corrected chi connectivity index (χ1v) is 5.88. The molecule has 0 aliphatic carbocycles. The number of carbonyl (C=O) groups is 1. The van der Waals surface area contributed by atoms with E-state index in [1.165, 1.54) is 0 Å². The van der Waals surface area contributed by atoms with E-state index >= 15 is 0 Å². The third-order valence-electron chi connectivity index (χ3n) is 2.63. The third-order valence-corrected chi connectivity index (χ3v) is 2.92. The lowest BCUT2D eigenvalue weighted by atomic mass is 10.1. The minimum atomic E-state index is -0.0381. The van der Waals surface area contributed by atoms with Crippen LogP contribution in [0.5, 0.6) is 0 Å². The molecule has 1 unspecified atom stereocenters. The van der Waals surface area contributed by atoms with Gasteiger partial charge >= 0.3 is 0 Å². The monoisotopic (exact) mass is 237 g/mol. The number of nitrogens with one attached hydrogen (secondary N) is 1. The summed E-state index contributed by atoms with van der Waals surface area (Å²) >= 11 is 4.18. The van der Waals surface area contributed by atoms with Gasteiger partial charge in [-0.1, -0.05) is 0 Å². The Kier molecular flexibility index (Phi) is 3.85. The zero-order chi connectivity index (χ0) is 11.4. The molecule has 86 valence electrons. The summed E-state index contributed by atoms with van der Waals surface area (Å²) < 4.78 is 5.31. The zero-order valence-corrected chi connectivity index (χ0v) is 9.87. The molecule has 0 aromatic heterocycles. The lowest BCUT2D eigenvalue weighted by Gasteiger charge is -2.23. The van der Waals surface area contributed by atoms with Gasteiger partial charge in [0.05, 0.1) is 12.6 Å². The Morgan fingerprint density at radius 3 is 2.75 bits per heavy atom. The molecular weight excluding hydrogens is 222 g/mol. The van der Waals surface area contributed by atoms with E-state index in [4.69, 9.17) is 4.74 Å². The van der Waals surface area contributed by atoms with Crippen molar-refractivity contribution in [1.29, 1.82) is 0 Å². The molecule has 4 heteroatoms. The minimum absolute atomic E-state index is 0.0381. The molecule has 1 aliphatic rings. The van der Waals surface area contributed by atoms with Crippen LogP contribution in [0.3, 0.4) is 0 Å². The fourth-order valence-electron chi connectivity index (χ4n) is 1.74. The Hall–Kier alpha value is -1.00. The first-order valence-electron chi connectivity index (χ1n) is 5.43. The Balaban J connectivity index is 1.94. The van der Waals surface area contributed by atoms with Crippen molar-refractivity contribution >= 4 is 18.5 Å². The van der Waals surface area contributed by atoms with Crippen molar-refractivity contribution in [1.82, 2.24) is 5.32 Å². The largest absolute Gasteiger partial charge is 0.379 e. The highest BCUT2D eigenvalue weighted by atomic mass is 32.1. The number of benzene rings is 1. The zero-order valence-electron chi connectivity index (χ0n) is 8.98. The van der Waals surface area contributed by atoms with Gasteiger partial charge in [-0.25, -0.2) is 0 Å². The van der Waals surface area contributed by atoms with Crippen LogP contribution in [-0.4, -0.2) is 25.2 Å². The first-order chi connectivity index (χ1) is 7.75. The second-order valence-corrected chi connectivity index (χ2v) is 4.45. The standard InChI is InChI=1S/C12H15NO2S/c14-12(9-3-5-11(16)6-4-9)13-10-2-1-7-15-8-10/h3-6,10,16H,1-2,7-8H2,(H,13,14). The number of rotatable bonds is 2. The van der Waals surface area contributed by atoms with Crippen molar-refractivity contribution in [2.75, 3.05) is 13.2 Å². The van der Waals surface area contributed by atoms with Gasteiger partial charge in [0, 0.05) is 17.1 Å². The van der Waals surface area contributed by atoms with Crippen LogP contribution in [0.2, 0.25) is 0 Å². The molecule has 1 fully saturated rings. The molecule has 1 amide bonds. The summed E-state index contributed by atoms with van der Waals surface area (Å²) in [5.41, 5.74) is 0.670. The van der Waals surface area contributed by atoms with E-state index in [0.29, 0.717) is 12.2 Å². The molecule has 1 N–H and O–H groups in total. The maximum absolute atomic E-state index is 11.8. The first kappa shape index (κ1) is 11.5. The molecule has 0 bridgehead atoms. The van der Waals surface area contributed by atoms with E-state index in [1.54, 1.807) is 12.1 Å². The van der Waals surface area contributed by atoms with Crippen LogP contribution in [0.15, 0.2) is 29.2 Å². The number of ether oxygens (including phenoxy) is 1. The van der Waals surface area contributed by atoms with Gasteiger partial charge in [-0.15, -0.1) is 12.6 Å². The van der Waals surface area contributed by atoms with E-state index in [2.05, 4.69) is 17.9 Å². The summed E-state index contributed by atoms with van der Waals surface area (Å²) in [5.74, 6) is -0.0381. The summed E-state index contributed by atoms with van der Waals surface area (Å²) in [7, 11) is 0. The van der Waals surface area contributed by atoms with E-state index in [1.807, 2.05) is 12.1 Å². The molecule has 2 rings (SSSR count). The summed E-state index contributed by atoms with van der Waals surface area (Å²) in [6.07, 6.45) is 2.01. The molecule has 0 saturated carbocycles. The quantitative estimate of drug-likeness (QED) is 0.771. The van der Waals surface area contributed by atoms with Crippen LogP contribution in [0, 0.1) is 0 Å². The molecule has 1 atom stereocenters. The van der Waals surface area contributed by atoms with Gasteiger partial charge in [0.25, 0.3) is 5.91 Å². The van der Waals surface area contributed by atoms with Crippen LogP contribution in [0.4, 0.5) is 0 Å². The lowest BCUT2D eigenvalue weighted by molar-refractivity contribution is 0.0624. The molecule has 16 heavy (non-hydrogen) atoms. The van der Waals surface area contributed by atoms with Crippen molar-refractivity contribution in [3.05, 3.63) is 29.8 Å². The molecule has 1 aromatic rings. The highest BCUT2D eigenvalue weighted by Crippen LogP contribution is 2.10. The van der Waals surface area contributed by atoms with Crippen LogP contribution in [-0.2, 0) is 4.74 Å². The second kappa shape index (κ2) is 5.37. The van der Waals surface area contributed by atoms with E-state index < -0.39 is 0 Å². The van der Waals surface area contributed by atoms with Crippen molar-refractivity contribution in [2.24, 2.45) is 0 Å². The average molecular weight is 237 g/mol. The molecule has 1 aromatic carbocycles. The van der Waals surface area contributed by atoms with Crippen molar-refractivity contribution in [2.45, 2.75) is 23.8 Å². The maximum atomic E-state index is 11.8. The third kappa shape index (κ3) is 3.00. The van der Waals surface area contributed by atoms with E-state index in [9.17, 15) is 4.79 Å². The Morgan fingerprint density at radius 2 is 2.12 bits per heavy atom. The highest BCUT2D eigenvalue weighted by Gasteiger charge is 2.16. The average Bonchev–Trinajstić information content (AvgIpc) is 2.31. The Bertz CT molecular complexity index is 358. The molecule has 1 aliphatic heterocycles. The van der Waals surface area contributed by atoms with Crippen LogP contribution < -0.4 is 5.32 Å². The SMILES string of the molecule is O=C(NC1CCCOC1)c1ccc(S)cc1. The van der Waals surface area contributed by atoms with Gasteiger partial charge in [0.2, 0.25) is 0 Å². The van der Waals surface area contributed by atoms with Gasteiger partial charge in [-0.3, -0.25) is 4.79 Å². The topological polar surface area (TPSA) is 38.3 Å². The summed E-state index contributed by atoms with van der Waals surface area (Å²) in [6.45, 7) is 1.43. The van der Waals surface area contributed by atoms with Crippen molar-refractivity contribution < 1.29 is 9.53 Å². The summed E-state index contributed by atoms with van der Waals surface area (Å²) in [6, 6.07) is 7.34. The fraction of sp³-hybridized carbons (Fsp3) is 0.417. The van der Waals surface area contributed by atoms with E-state index in [-0.39, 0.29) is 11.9 Å².